The number of nitrogens with zero attached hydrogens (tertiary/aromatic N) is 3. The lowest BCUT2D eigenvalue weighted by molar-refractivity contribution is 0.198. The van der Waals surface area contributed by atoms with E-state index in [-0.39, 0.29) is 0 Å². The highest BCUT2D eigenvalue weighted by Gasteiger charge is 2.20. The first-order valence-corrected chi connectivity index (χ1v) is 6.56. The summed E-state index contributed by atoms with van der Waals surface area (Å²) < 4.78 is 10.6. The lowest BCUT2D eigenvalue weighted by Crippen LogP contribution is -2.32. The van der Waals surface area contributed by atoms with Crippen molar-refractivity contribution in [3.63, 3.8) is 0 Å². The number of rotatable bonds is 6. The third kappa shape index (κ3) is 3.68. The molecule has 0 radical (unpaired) electrons. The van der Waals surface area contributed by atoms with Gasteiger partial charge in [0, 0.05) is 26.7 Å². The number of anilines is 1. The van der Waals surface area contributed by atoms with Crippen LogP contribution in [0.3, 0.4) is 0 Å². The van der Waals surface area contributed by atoms with Gasteiger partial charge in [0.2, 0.25) is 5.89 Å². The molecule has 0 atom stereocenters. The van der Waals surface area contributed by atoms with Crippen LogP contribution in [0.4, 0.5) is 6.01 Å². The number of piperidine rings is 1. The van der Waals surface area contributed by atoms with Gasteiger partial charge in [-0.1, -0.05) is 12.0 Å². The highest BCUT2D eigenvalue weighted by Crippen LogP contribution is 2.21. The summed E-state index contributed by atoms with van der Waals surface area (Å²) in [5.41, 5.74) is 0. The van der Waals surface area contributed by atoms with Crippen LogP contribution in [0.2, 0.25) is 0 Å². The van der Waals surface area contributed by atoms with Gasteiger partial charge >= 0.3 is 6.01 Å². The first-order valence-electron chi connectivity index (χ1n) is 6.56. The Balaban J connectivity index is 1.78. The molecule has 0 aromatic carbocycles. The summed E-state index contributed by atoms with van der Waals surface area (Å²) in [6.07, 6.45) is 2.40. The zero-order valence-electron chi connectivity index (χ0n) is 11.2. The Labute approximate surface area is 108 Å². The second kappa shape index (κ2) is 6.70. The van der Waals surface area contributed by atoms with Gasteiger partial charge in [0.25, 0.3) is 0 Å². The van der Waals surface area contributed by atoms with Crippen LogP contribution in [-0.2, 0) is 11.3 Å². The molecule has 1 fully saturated rings. The molecule has 1 aliphatic heterocycles. The van der Waals surface area contributed by atoms with E-state index >= 15 is 0 Å². The van der Waals surface area contributed by atoms with Gasteiger partial charge in [0.05, 0.1) is 13.2 Å². The Kier molecular flexibility index (Phi) is 4.95. The molecule has 1 aromatic rings. The number of methoxy groups -OCH3 is 1. The quantitative estimate of drug-likeness (QED) is 0.765. The Morgan fingerprint density at radius 3 is 2.89 bits per heavy atom. The number of ether oxygens (including phenoxy) is 1. The van der Waals surface area contributed by atoms with Crippen molar-refractivity contribution >= 4 is 6.01 Å². The molecule has 1 aliphatic rings. The van der Waals surface area contributed by atoms with Crippen molar-refractivity contribution in [3.8, 4) is 0 Å². The zero-order chi connectivity index (χ0) is 12.8. The first-order chi connectivity index (χ1) is 8.79. The molecule has 2 heterocycles. The summed E-state index contributed by atoms with van der Waals surface area (Å²) in [5, 5.41) is 11.3. The van der Waals surface area contributed by atoms with E-state index in [4.69, 9.17) is 9.15 Å². The van der Waals surface area contributed by atoms with E-state index in [9.17, 15) is 0 Å². The first kappa shape index (κ1) is 13.3. The molecule has 6 nitrogen and oxygen atoms in total. The summed E-state index contributed by atoms with van der Waals surface area (Å²) in [6, 6.07) is 0.658. The molecule has 0 spiro atoms. The summed E-state index contributed by atoms with van der Waals surface area (Å²) >= 11 is 0. The number of nitrogens with one attached hydrogen (secondary N) is 1. The molecule has 102 valence electrons. The summed E-state index contributed by atoms with van der Waals surface area (Å²) in [4.78, 5) is 2.17. The molecule has 0 amide bonds. The Morgan fingerprint density at radius 2 is 2.17 bits per heavy atom. The minimum atomic E-state index is 0.598. The molecule has 1 N–H and O–H groups in total. The monoisotopic (exact) mass is 254 g/mol. The molecule has 2 rings (SSSR count). The summed E-state index contributed by atoms with van der Waals surface area (Å²) in [5.74, 6) is 1.44. The van der Waals surface area contributed by atoms with Crippen molar-refractivity contribution in [3.05, 3.63) is 5.89 Å². The molecule has 0 bridgehead atoms. The third-order valence-electron chi connectivity index (χ3n) is 3.27. The number of aromatic nitrogens is 2. The highest BCUT2D eigenvalue weighted by atomic mass is 16.5. The normalized spacial score (nSPS) is 17.3. The lowest BCUT2D eigenvalue weighted by Gasteiger charge is -2.28. The van der Waals surface area contributed by atoms with Crippen molar-refractivity contribution in [1.29, 1.82) is 0 Å². The van der Waals surface area contributed by atoms with E-state index in [1.54, 1.807) is 7.11 Å². The minimum Gasteiger partial charge on any atom is -0.407 e. The second-order valence-corrected chi connectivity index (χ2v) is 4.82. The Bertz CT molecular complexity index is 348. The second-order valence-electron chi connectivity index (χ2n) is 4.82. The molecular formula is C12H22N4O2. The molecule has 1 saturated heterocycles. The van der Waals surface area contributed by atoms with Crippen LogP contribution in [0.1, 0.15) is 25.7 Å². The van der Waals surface area contributed by atoms with Crippen LogP contribution in [0.15, 0.2) is 4.42 Å². The van der Waals surface area contributed by atoms with Gasteiger partial charge in [-0.15, -0.1) is 5.10 Å². The van der Waals surface area contributed by atoms with Gasteiger partial charge in [0.15, 0.2) is 0 Å². The van der Waals surface area contributed by atoms with Crippen molar-refractivity contribution in [1.82, 2.24) is 15.5 Å². The molecule has 18 heavy (non-hydrogen) atoms. The third-order valence-corrected chi connectivity index (χ3v) is 3.27. The van der Waals surface area contributed by atoms with E-state index < -0.39 is 0 Å². The van der Waals surface area contributed by atoms with Crippen LogP contribution in [0.5, 0.6) is 0 Å². The van der Waals surface area contributed by atoms with Gasteiger partial charge in [0.1, 0.15) is 0 Å². The van der Waals surface area contributed by atoms with E-state index in [2.05, 4.69) is 27.3 Å². The Hall–Kier alpha value is -1.14. The van der Waals surface area contributed by atoms with Gasteiger partial charge < -0.3 is 19.4 Å². The number of hydrogen-bond acceptors (Lipinski definition) is 6. The van der Waals surface area contributed by atoms with Crippen molar-refractivity contribution in [2.75, 3.05) is 38.3 Å². The smallest absolute Gasteiger partial charge is 0.318 e. The SMILES string of the molecule is COCCNCc1nnc(N2CCC(C)CC2)o1. The Morgan fingerprint density at radius 1 is 1.39 bits per heavy atom. The fourth-order valence-corrected chi connectivity index (χ4v) is 2.01. The van der Waals surface area contributed by atoms with E-state index in [1.165, 1.54) is 12.8 Å². The predicted molar refractivity (Wildman–Crippen MR) is 68.5 cm³/mol. The van der Waals surface area contributed by atoms with E-state index in [0.717, 1.165) is 25.6 Å². The standard InChI is InChI=1S/C12H22N4O2/c1-10-3-6-16(7-4-10)12-15-14-11(18-12)9-13-5-8-17-2/h10,13H,3-9H2,1-2H3. The molecular weight excluding hydrogens is 232 g/mol. The van der Waals surface area contributed by atoms with Crippen molar-refractivity contribution < 1.29 is 9.15 Å². The van der Waals surface area contributed by atoms with Gasteiger partial charge in [-0.05, 0) is 18.8 Å². The van der Waals surface area contributed by atoms with Gasteiger partial charge in [-0.3, -0.25) is 0 Å². The van der Waals surface area contributed by atoms with Crippen LogP contribution >= 0.6 is 0 Å². The van der Waals surface area contributed by atoms with Crippen molar-refractivity contribution in [2.45, 2.75) is 26.3 Å². The molecule has 6 heteroatoms. The number of hydrogen-bond donors (Lipinski definition) is 1. The zero-order valence-corrected chi connectivity index (χ0v) is 11.2. The fraction of sp³-hybridized carbons (Fsp3) is 0.833. The van der Waals surface area contributed by atoms with Crippen molar-refractivity contribution in [2.24, 2.45) is 5.92 Å². The van der Waals surface area contributed by atoms with Crippen LogP contribution < -0.4 is 10.2 Å². The van der Waals surface area contributed by atoms with Crippen LogP contribution in [0, 0.1) is 5.92 Å². The fourth-order valence-electron chi connectivity index (χ4n) is 2.01. The van der Waals surface area contributed by atoms with Gasteiger partial charge in [-0.25, -0.2) is 0 Å². The van der Waals surface area contributed by atoms with E-state index in [0.29, 0.717) is 25.1 Å². The van der Waals surface area contributed by atoms with Crippen LogP contribution in [-0.4, -0.2) is 43.5 Å². The average molecular weight is 254 g/mol. The maximum absolute atomic E-state index is 5.64. The van der Waals surface area contributed by atoms with Gasteiger partial charge in [-0.2, -0.15) is 0 Å². The molecule has 0 unspecified atom stereocenters. The molecule has 0 saturated carbocycles. The largest absolute Gasteiger partial charge is 0.407 e. The molecule has 0 aliphatic carbocycles. The average Bonchev–Trinajstić information content (AvgIpc) is 2.84. The topological polar surface area (TPSA) is 63.4 Å². The summed E-state index contributed by atoms with van der Waals surface area (Å²) in [6.45, 7) is 6.39. The minimum absolute atomic E-state index is 0.598. The maximum Gasteiger partial charge on any atom is 0.318 e. The predicted octanol–water partition coefficient (Wildman–Crippen LogP) is 1.04. The highest BCUT2D eigenvalue weighted by molar-refractivity contribution is 5.24. The molecule has 1 aromatic heterocycles. The van der Waals surface area contributed by atoms with E-state index in [1.807, 2.05) is 0 Å². The summed E-state index contributed by atoms with van der Waals surface area (Å²) in [7, 11) is 1.68. The van der Waals surface area contributed by atoms with Crippen LogP contribution in [0.25, 0.3) is 0 Å². The lowest BCUT2D eigenvalue weighted by atomic mass is 10.00. The maximum atomic E-state index is 5.64.